The van der Waals surface area contributed by atoms with Gasteiger partial charge in [-0.05, 0) is 38.7 Å². The Hall–Kier alpha value is -2.90. The number of rotatable bonds is 6. The second-order valence-electron chi connectivity index (χ2n) is 7.31. The highest BCUT2D eigenvalue weighted by atomic mass is 16.6. The summed E-state index contributed by atoms with van der Waals surface area (Å²) in [4.78, 5) is 12.5. The number of nitrogens with zero attached hydrogens (tertiary/aromatic N) is 2. The van der Waals surface area contributed by atoms with Crippen LogP contribution in [-0.4, -0.2) is 36.1 Å². The van der Waals surface area contributed by atoms with Crippen LogP contribution in [0.25, 0.3) is 0 Å². The minimum atomic E-state index is -0.291. The smallest absolute Gasteiger partial charge is 0.320 e. The number of hydrogen-bond acceptors (Lipinski definition) is 5. The molecule has 4 rings (SSSR count). The highest BCUT2D eigenvalue weighted by molar-refractivity contribution is 5.88. The number of amides is 2. The van der Waals surface area contributed by atoms with Gasteiger partial charge in [-0.15, -0.1) is 0 Å². The number of carbonyl (C=O) groups is 1. The van der Waals surface area contributed by atoms with Gasteiger partial charge in [0.15, 0.2) is 11.5 Å². The van der Waals surface area contributed by atoms with E-state index in [1.165, 1.54) is 12.8 Å². The van der Waals surface area contributed by atoms with Crippen LogP contribution >= 0.6 is 0 Å². The number of fused-ring (bicyclic) bond motifs is 1. The Bertz CT molecular complexity index is 875. The average Bonchev–Trinajstić information content (AvgIpc) is 3.48. The van der Waals surface area contributed by atoms with Crippen LogP contribution in [0.5, 0.6) is 17.2 Å². The maximum atomic E-state index is 12.5. The van der Waals surface area contributed by atoms with Crippen molar-refractivity contribution in [3.05, 3.63) is 29.5 Å². The van der Waals surface area contributed by atoms with Crippen molar-refractivity contribution in [3.8, 4) is 17.2 Å². The first-order chi connectivity index (χ1) is 13.5. The van der Waals surface area contributed by atoms with Crippen LogP contribution in [-0.2, 0) is 6.54 Å². The third kappa shape index (κ3) is 3.85. The lowest BCUT2D eigenvalue weighted by Crippen LogP contribution is -2.30. The third-order valence-electron chi connectivity index (χ3n) is 5.17. The van der Waals surface area contributed by atoms with Gasteiger partial charge in [0.1, 0.15) is 24.8 Å². The highest BCUT2D eigenvalue weighted by Crippen LogP contribution is 2.40. The van der Waals surface area contributed by atoms with Gasteiger partial charge in [0.25, 0.3) is 0 Å². The lowest BCUT2D eigenvalue weighted by Gasteiger charge is -2.21. The zero-order chi connectivity index (χ0) is 19.7. The fourth-order valence-electron chi connectivity index (χ4n) is 3.48. The van der Waals surface area contributed by atoms with Crippen molar-refractivity contribution in [1.82, 2.24) is 15.1 Å². The van der Waals surface area contributed by atoms with Crippen LogP contribution in [0.15, 0.2) is 18.2 Å². The molecule has 8 nitrogen and oxygen atoms in total. The summed E-state index contributed by atoms with van der Waals surface area (Å²) in [5.74, 6) is 3.32. The Morgan fingerprint density at radius 2 is 2.00 bits per heavy atom. The number of urea groups is 1. The number of carbonyl (C=O) groups excluding carboxylic acids is 1. The number of anilines is 1. The first-order valence-corrected chi connectivity index (χ1v) is 9.62. The van der Waals surface area contributed by atoms with E-state index in [1.807, 2.05) is 23.7 Å². The van der Waals surface area contributed by atoms with Gasteiger partial charge in [0.2, 0.25) is 0 Å². The number of hydrogen-bond donors (Lipinski definition) is 2. The zero-order valence-corrected chi connectivity index (χ0v) is 16.4. The van der Waals surface area contributed by atoms with Crippen molar-refractivity contribution < 1.29 is 19.0 Å². The minimum absolute atomic E-state index is 0.280. The SMILES string of the molecule is COc1cc2c(cc1CNC(=O)Nc1cc(C)nn1[C@H](C)C1CC1)OCCO2. The second-order valence-corrected chi connectivity index (χ2v) is 7.31. The molecule has 0 bridgehead atoms. The standard InChI is InChI=1S/C20H26N4O4/c1-12-8-19(24(23-12)13(2)14-4-5-14)22-20(25)21-11-15-9-17-18(10-16(15)26-3)28-7-6-27-17/h8-10,13-14H,4-7,11H2,1-3H3,(H2,21,22,25)/t13-/m1/s1. The van der Waals surface area contributed by atoms with Crippen molar-refractivity contribution in [3.63, 3.8) is 0 Å². The number of aromatic nitrogens is 2. The summed E-state index contributed by atoms with van der Waals surface area (Å²) < 4.78 is 18.5. The van der Waals surface area contributed by atoms with Gasteiger partial charge in [-0.1, -0.05) is 0 Å². The van der Waals surface area contributed by atoms with Crippen molar-refractivity contribution in [2.75, 3.05) is 25.6 Å². The molecule has 2 N–H and O–H groups in total. The van der Waals surface area contributed by atoms with Crippen LogP contribution < -0.4 is 24.8 Å². The second kappa shape index (κ2) is 7.61. The molecule has 8 heteroatoms. The maximum Gasteiger partial charge on any atom is 0.320 e. The van der Waals surface area contributed by atoms with E-state index in [-0.39, 0.29) is 12.1 Å². The molecule has 0 spiro atoms. The molecular weight excluding hydrogens is 360 g/mol. The molecule has 150 valence electrons. The Kier molecular flexibility index (Phi) is 5.02. The Balaban J connectivity index is 1.43. The number of methoxy groups -OCH3 is 1. The quantitative estimate of drug-likeness (QED) is 0.796. The van der Waals surface area contributed by atoms with Gasteiger partial charge in [-0.3, -0.25) is 5.32 Å². The van der Waals surface area contributed by atoms with E-state index >= 15 is 0 Å². The molecule has 1 aliphatic heterocycles. The molecule has 2 amide bonds. The van der Waals surface area contributed by atoms with Crippen LogP contribution in [0.2, 0.25) is 0 Å². The van der Waals surface area contributed by atoms with Gasteiger partial charge in [-0.2, -0.15) is 5.10 Å². The fourth-order valence-corrected chi connectivity index (χ4v) is 3.48. The summed E-state index contributed by atoms with van der Waals surface area (Å²) in [5, 5.41) is 10.3. The van der Waals surface area contributed by atoms with E-state index in [9.17, 15) is 4.79 Å². The molecule has 1 atom stereocenters. The molecule has 1 aromatic carbocycles. The van der Waals surface area contributed by atoms with Gasteiger partial charge in [0.05, 0.1) is 18.8 Å². The molecule has 0 unspecified atom stereocenters. The minimum Gasteiger partial charge on any atom is -0.496 e. The lowest BCUT2D eigenvalue weighted by molar-refractivity contribution is 0.170. The molecule has 0 saturated heterocycles. The Morgan fingerprint density at radius 3 is 2.68 bits per heavy atom. The molecule has 0 radical (unpaired) electrons. The van der Waals surface area contributed by atoms with E-state index < -0.39 is 0 Å². The molecule has 1 aromatic heterocycles. The molecule has 28 heavy (non-hydrogen) atoms. The van der Waals surface area contributed by atoms with E-state index in [0.29, 0.717) is 48.7 Å². The van der Waals surface area contributed by atoms with E-state index in [2.05, 4.69) is 22.7 Å². The summed E-state index contributed by atoms with van der Waals surface area (Å²) in [6.45, 7) is 5.40. The summed E-state index contributed by atoms with van der Waals surface area (Å²) in [6, 6.07) is 5.52. The molecule has 2 aliphatic rings. The lowest BCUT2D eigenvalue weighted by atomic mass is 10.1. The summed E-state index contributed by atoms with van der Waals surface area (Å²) in [6.07, 6.45) is 2.44. The zero-order valence-electron chi connectivity index (χ0n) is 16.4. The monoisotopic (exact) mass is 386 g/mol. The predicted molar refractivity (Wildman–Crippen MR) is 104 cm³/mol. The summed E-state index contributed by atoms with van der Waals surface area (Å²) >= 11 is 0. The molecule has 1 fully saturated rings. The summed E-state index contributed by atoms with van der Waals surface area (Å²) in [5.41, 5.74) is 1.70. The van der Waals surface area contributed by atoms with Gasteiger partial charge < -0.3 is 19.5 Å². The predicted octanol–water partition coefficient (Wildman–Crippen LogP) is 3.26. The molecule has 1 saturated carbocycles. The van der Waals surface area contributed by atoms with Gasteiger partial charge in [0, 0.05) is 24.2 Å². The largest absolute Gasteiger partial charge is 0.496 e. The number of ether oxygens (including phenoxy) is 3. The van der Waals surface area contributed by atoms with Gasteiger partial charge in [-0.25, -0.2) is 9.48 Å². The molecule has 2 aromatic rings. The highest BCUT2D eigenvalue weighted by Gasteiger charge is 2.31. The molecular formula is C20H26N4O4. The first-order valence-electron chi connectivity index (χ1n) is 9.62. The molecule has 2 heterocycles. The Labute approximate surface area is 164 Å². The van der Waals surface area contributed by atoms with Crippen molar-refractivity contribution >= 4 is 11.8 Å². The van der Waals surface area contributed by atoms with Crippen molar-refractivity contribution in [1.29, 1.82) is 0 Å². The Morgan fingerprint density at radius 1 is 1.29 bits per heavy atom. The van der Waals surface area contributed by atoms with Gasteiger partial charge >= 0.3 is 6.03 Å². The van der Waals surface area contributed by atoms with Crippen LogP contribution in [0, 0.1) is 12.8 Å². The number of aryl methyl sites for hydroxylation is 1. The number of nitrogens with one attached hydrogen (secondary N) is 2. The van der Waals surface area contributed by atoms with E-state index in [0.717, 1.165) is 11.3 Å². The maximum absolute atomic E-state index is 12.5. The van der Waals surface area contributed by atoms with Crippen LogP contribution in [0.1, 0.15) is 37.1 Å². The van der Waals surface area contributed by atoms with Crippen molar-refractivity contribution in [2.24, 2.45) is 5.92 Å². The van der Waals surface area contributed by atoms with Crippen LogP contribution in [0.3, 0.4) is 0 Å². The fraction of sp³-hybridized carbons (Fsp3) is 0.500. The summed E-state index contributed by atoms with van der Waals surface area (Å²) in [7, 11) is 1.59. The number of benzene rings is 1. The normalized spacial score (nSPS) is 16.4. The topological polar surface area (TPSA) is 86.6 Å². The van der Waals surface area contributed by atoms with E-state index in [4.69, 9.17) is 14.2 Å². The van der Waals surface area contributed by atoms with E-state index in [1.54, 1.807) is 13.2 Å². The molecule has 1 aliphatic carbocycles. The van der Waals surface area contributed by atoms with Crippen LogP contribution in [0.4, 0.5) is 10.6 Å². The average molecular weight is 386 g/mol. The van der Waals surface area contributed by atoms with Crippen molar-refractivity contribution in [2.45, 2.75) is 39.3 Å². The third-order valence-corrected chi connectivity index (χ3v) is 5.17. The first kappa shape index (κ1) is 18.5.